The van der Waals surface area contributed by atoms with Crippen LogP contribution in [-0.2, 0) is 0 Å². The van der Waals surface area contributed by atoms with E-state index in [9.17, 15) is 0 Å². The largest absolute Gasteiger partial charge is 0.409 e. The van der Waals surface area contributed by atoms with Gasteiger partial charge in [-0.25, -0.2) is 9.97 Å². The molecule has 1 saturated heterocycles. The van der Waals surface area contributed by atoms with Crippen molar-refractivity contribution >= 4 is 11.8 Å². The summed E-state index contributed by atoms with van der Waals surface area (Å²) in [5.41, 5.74) is 6.91. The van der Waals surface area contributed by atoms with Gasteiger partial charge in [-0.05, 0) is 32.5 Å². The van der Waals surface area contributed by atoms with Crippen LogP contribution in [-0.4, -0.2) is 58.1 Å². The molecule has 0 bridgehead atoms. The second kappa shape index (κ2) is 6.71. The van der Waals surface area contributed by atoms with Crippen LogP contribution in [0, 0.1) is 6.92 Å². The van der Waals surface area contributed by atoms with Gasteiger partial charge in [0, 0.05) is 24.8 Å². The zero-order chi connectivity index (χ0) is 15.4. The second-order valence-electron chi connectivity index (χ2n) is 5.29. The molecule has 0 spiro atoms. The van der Waals surface area contributed by atoms with Crippen LogP contribution in [0.25, 0.3) is 0 Å². The van der Waals surface area contributed by atoms with Crippen molar-refractivity contribution in [1.82, 2.24) is 14.9 Å². The van der Waals surface area contributed by atoms with Gasteiger partial charge in [-0.1, -0.05) is 19.0 Å². The summed E-state index contributed by atoms with van der Waals surface area (Å²) in [4.78, 5) is 13.5. The van der Waals surface area contributed by atoms with E-state index in [2.05, 4.69) is 38.8 Å². The average molecular weight is 292 g/mol. The van der Waals surface area contributed by atoms with E-state index in [1.54, 1.807) is 6.07 Å². The molecule has 1 aromatic rings. The van der Waals surface area contributed by atoms with Crippen LogP contribution >= 0.6 is 0 Å². The number of amidine groups is 1. The molecule has 1 atom stereocenters. The standard InChI is InChI=1S/C14H24N6O/c1-4-19(5-2)11-6-7-20(9-11)14-16-10(3)8-12(17-14)13(15)18-21/h8,11,21H,4-7,9H2,1-3H3,(H2,15,18). The van der Waals surface area contributed by atoms with Crippen LogP contribution in [0.15, 0.2) is 11.2 Å². The number of anilines is 1. The Kier molecular flexibility index (Phi) is 4.95. The van der Waals surface area contributed by atoms with E-state index in [-0.39, 0.29) is 5.84 Å². The molecule has 116 valence electrons. The molecule has 1 aromatic heterocycles. The lowest BCUT2D eigenvalue weighted by atomic mass is 10.2. The Morgan fingerprint density at radius 1 is 1.48 bits per heavy atom. The molecule has 2 rings (SSSR count). The molecule has 0 radical (unpaired) electrons. The monoisotopic (exact) mass is 292 g/mol. The fraction of sp³-hybridized carbons (Fsp3) is 0.643. The van der Waals surface area contributed by atoms with Crippen molar-refractivity contribution in [2.45, 2.75) is 33.2 Å². The summed E-state index contributed by atoms with van der Waals surface area (Å²) < 4.78 is 0. The highest BCUT2D eigenvalue weighted by Gasteiger charge is 2.28. The molecule has 0 saturated carbocycles. The Hall–Kier alpha value is -1.89. The zero-order valence-electron chi connectivity index (χ0n) is 13.0. The van der Waals surface area contributed by atoms with E-state index in [1.807, 2.05) is 6.92 Å². The minimum absolute atomic E-state index is 0.0150. The van der Waals surface area contributed by atoms with Gasteiger partial charge in [-0.2, -0.15) is 0 Å². The van der Waals surface area contributed by atoms with Crippen molar-refractivity contribution in [3.8, 4) is 0 Å². The molecule has 7 nitrogen and oxygen atoms in total. The lowest BCUT2D eigenvalue weighted by Crippen LogP contribution is -2.37. The predicted octanol–water partition coefficient (Wildman–Crippen LogP) is 0.800. The summed E-state index contributed by atoms with van der Waals surface area (Å²) >= 11 is 0. The normalized spacial score (nSPS) is 19.5. The lowest BCUT2D eigenvalue weighted by molar-refractivity contribution is 0.232. The van der Waals surface area contributed by atoms with Crippen molar-refractivity contribution in [2.75, 3.05) is 31.1 Å². The van der Waals surface area contributed by atoms with E-state index < -0.39 is 0 Å². The van der Waals surface area contributed by atoms with Gasteiger partial charge in [0.2, 0.25) is 5.95 Å². The number of nitrogens with zero attached hydrogens (tertiary/aromatic N) is 5. The van der Waals surface area contributed by atoms with Gasteiger partial charge in [0.05, 0.1) is 0 Å². The minimum Gasteiger partial charge on any atom is -0.409 e. The number of nitrogens with two attached hydrogens (primary N) is 1. The first kappa shape index (κ1) is 15.5. The zero-order valence-corrected chi connectivity index (χ0v) is 13.0. The Morgan fingerprint density at radius 2 is 2.19 bits per heavy atom. The Morgan fingerprint density at radius 3 is 2.81 bits per heavy atom. The van der Waals surface area contributed by atoms with E-state index in [0.29, 0.717) is 17.7 Å². The van der Waals surface area contributed by atoms with Gasteiger partial charge >= 0.3 is 0 Å². The molecule has 2 heterocycles. The first-order valence-electron chi connectivity index (χ1n) is 7.41. The molecular formula is C14H24N6O. The molecule has 7 heteroatoms. The van der Waals surface area contributed by atoms with Gasteiger partial charge < -0.3 is 15.8 Å². The summed E-state index contributed by atoms with van der Waals surface area (Å²) in [6.45, 7) is 10.2. The fourth-order valence-corrected chi connectivity index (χ4v) is 2.84. The first-order chi connectivity index (χ1) is 10.1. The Labute approximate surface area is 125 Å². The third-order valence-electron chi connectivity index (χ3n) is 3.99. The Balaban J connectivity index is 2.18. The van der Waals surface area contributed by atoms with Gasteiger partial charge in [0.1, 0.15) is 5.69 Å². The number of oxime groups is 1. The third-order valence-corrected chi connectivity index (χ3v) is 3.99. The second-order valence-corrected chi connectivity index (χ2v) is 5.29. The summed E-state index contributed by atoms with van der Waals surface area (Å²) in [5.74, 6) is 0.674. The molecule has 1 aliphatic heterocycles. The predicted molar refractivity (Wildman–Crippen MR) is 82.8 cm³/mol. The molecule has 21 heavy (non-hydrogen) atoms. The average Bonchev–Trinajstić information content (AvgIpc) is 2.97. The molecule has 3 N–H and O–H groups in total. The van der Waals surface area contributed by atoms with Gasteiger partial charge in [0.25, 0.3) is 0 Å². The molecule has 0 aromatic carbocycles. The van der Waals surface area contributed by atoms with Crippen LogP contribution in [0.3, 0.4) is 0 Å². The van der Waals surface area contributed by atoms with Crippen molar-refractivity contribution in [3.05, 3.63) is 17.5 Å². The maximum absolute atomic E-state index is 8.80. The Bertz CT molecular complexity index is 514. The third kappa shape index (κ3) is 3.41. The van der Waals surface area contributed by atoms with Gasteiger partial charge in [-0.15, -0.1) is 0 Å². The van der Waals surface area contributed by atoms with Gasteiger partial charge in [0.15, 0.2) is 5.84 Å². The van der Waals surface area contributed by atoms with Crippen molar-refractivity contribution < 1.29 is 5.21 Å². The highest BCUT2D eigenvalue weighted by molar-refractivity contribution is 5.95. The van der Waals surface area contributed by atoms with E-state index in [4.69, 9.17) is 10.9 Å². The molecule has 1 aliphatic rings. The summed E-state index contributed by atoms with van der Waals surface area (Å²) in [5, 5.41) is 11.8. The van der Waals surface area contributed by atoms with Crippen LogP contribution < -0.4 is 10.6 Å². The quantitative estimate of drug-likeness (QED) is 0.361. The summed E-state index contributed by atoms with van der Waals surface area (Å²) in [7, 11) is 0. The number of aryl methyl sites for hydroxylation is 1. The van der Waals surface area contributed by atoms with Crippen LogP contribution in [0.5, 0.6) is 0 Å². The van der Waals surface area contributed by atoms with Crippen molar-refractivity contribution in [1.29, 1.82) is 0 Å². The number of hydrogen-bond donors (Lipinski definition) is 2. The highest BCUT2D eigenvalue weighted by atomic mass is 16.4. The smallest absolute Gasteiger partial charge is 0.226 e. The SMILES string of the molecule is CCN(CC)C1CCN(c2nc(C)cc(/C(N)=N/O)n2)C1. The number of likely N-dealkylation sites (N-methyl/N-ethyl adjacent to an activating group) is 1. The lowest BCUT2D eigenvalue weighted by Gasteiger charge is -2.26. The van der Waals surface area contributed by atoms with Crippen molar-refractivity contribution in [3.63, 3.8) is 0 Å². The first-order valence-corrected chi connectivity index (χ1v) is 7.41. The molecule has 1 fully saturated rings. The van der Waals surface area contributed by atoms with E-state index in [1.165, 1.54) is 0 Å². The molecule has 0 amide bonds. The van der Waals surface area contributed by atoms with Crippen molar-refractivity contribution in [2.24, 2.45) is 10.9 Å². The maximum Gasteiger partial charge on any atom is 0.226 e. The highest BCUT2D eigenvalue weighted by Crippen LogP contribution is 2.20. The number of hydrogen-bond acceptors (Lipinski definition) is 6. The summed E-state index contributed by atoms with van der Waals surface area (Å²) in [6.07, 6.45) is 1.11. The van der Waals surface area contributed by atoms with Crippen LogP contribution in [0.1, 0.15) is 31.7 Å². The molecule has 0 aliphatic carbocycles. The van der Waals surface area contributed by atoms with Crippen LogP contribution in [0.2, 0.25) is 0 Å². The van der Waals surface area contributed by atoms with E-state index in [0.717, 1.165) is 38.3 Å². The number of rotatable bonds is 5. The van der Waals surface area contributed by atoms with Crippen LogP contribution in [0.4, 0.5) is 5.95 Å². The molecular weight excluding hydrogens is 268 g/mol. The minimum atomic E-state index is 0.0150. The maximum atomic E-state index is 8.80. The summed E-state index contributed by atoms with van der Waals surface area (Å²) in [6, 6.07) is 2.26. The number of aromatic nitrogens is 2. The fourth-order valence-electron chi connectivity index (χ4n) is 2.84. The van der Waals surface area contributed by atoms with E-state index >= 15 is 0 Å². The van der Waals surface area contributed by atoms with Gasteiger partial charge in [-0.3, -0.25) is 4.90 Å². The topological polar surface area (TPSA) is 90.9 Å². The molecule has 1 unspecified atom stereocenters.